The van der Waals surface area contributed by atoms with Crippen molar-refractivity contribution < 1.29 is 19.2 Å². The summed E-state index contributed by atoms with van der Waals surface area (Å²) in [5.74, 6) is 1.40. The summed E-state index contributed by atoms with van der Waals surface area (Å²) >= 11 is 0. The Morgan fingerprint density at radius 1 is 1.14 bits per heavy atom. The molecule has 3 N–H and O–H groups in total. The highest BCUT2D eigenvalue weighted by atomic mass is 16.5. The molecule has 4 bridgehead atoms. The molecule has 4 aliphatic carbocycles. The Labute approximate surface area is 213 Å². The third-order valence-corrected chi connectivity index (χ3v) is 9.00. The van der Waals surface area contributed by atoms with Crippen LogP contribution in [0.2, 0.25) is 0 Å². The predicted molar refractivity (Wildman–Crippen MR) is 133 cm³/mol. The molecule has 8 rings (SSSR count). The summed E-state index contributed by atoms with van der Waals surface area (Å²) in [4.78, 5) is 40.3. The number of carbonyl (C=O) groups excluding carboxylic acids is 2. The van der Waals surface area contributed by atoms with Crippen LogP contribution in [0.1, 0.15) is 49.6 Å². The molecule has 2 amide bonds. The van der Waals surface area contributed by atoms with Gasteiger partial charge in [0.2, 0.25) is 5.91 Å². The molecule has 2 unspecified atom stereocenters. The van der Waals surface area contributed by atoms with Crippen molar-refractivity contribution in [2.75, 3.05) is 31.5 Å². The summed E-state index contributed by atoms with van der Waals surface area (Å²) in [7, 11) is 0. The number of aromatic nitrogens is 4. The van der Waals surface area contributed by atoms with Crippen molar-refractivity contribution >= 4 is 28.5 Å². The number of hydrogen-bond acceptors (Lipinski definition) is 8. The third kappa shape index (κ3) is 3.78. The largest absolute Gasteiger partial charge is 0.390 e. The van der Waals surface area contributed by atoms with Crippen molar-refractivity contribution in [3.63, 3.8) is 0 Å². The number of aromatic amines is 1. The molecule has 0 aromatic carbocycles. The third-order valence-electron chi connectivity index (χ3n) is 9.00. The van der Waals surface area contributed by atoms with Gasteiger partial charge in [-0.2, -0.15) is 4.98 Å². The monoisotopic (exact) mass is 505 g/mol. The Bertz CT molecular complexity index is 1360. The van der Waals surface area contributed by atoms with Crippen LogP contribution in [0.15, 0.2) is 23.0 Å². The van der Waals surface area contributed by atoms with Gasteiger partial charge in [0.05, 0.1) is 16.9 Å². The van der Waals surface area contributed by atoms with Gasteiger partial charge in [0.15, 0.2) is 0 Å². The van der Waals surface area contributed by atoms with Crippen molar-refractivity contribution in [3.05, 3.63) is 24.3 Å². The number of carbonyl (C=O) groups is 2. The number of anilines is 1. The number of nitrogens with zero attached hydrogens (tertiary/aromatic N) is 5. The van der Waals surface area contributed by atoms with Gasteiger partial charge >= 0.3 is 0 Å². The first-order chi connectivity index (χ1) is 17.9. The van der Waals surface area contributed by atoms with E-state index in [-0.39, 0.29) is 29.6 Å². The maximum atomic E-state index is 13.1. The first-order valence-corrected chi connectivity index (χ1v) is 13.2. The molecular formula is C26H31N7O4. The lowest BCUT2D eigenvalue weighted by Crippen LogP contribution is -2.59. The van der Waals surface area contributed by atoms with Crippen LogP contribution in [0.25, 0.3) is 22.5 Å². The fraction of sp³-hybridized carbons (Fsp3) is 0.577. The molecule has 0 spiro atoms. The van der Waals surface area contributed by atoms with Gasteiger partial charge in [0, 0.05) is 56.9 Å². The van der Waals surface area contributed by atoms with Crippen molar-refractivity contribution in [2.24, 2.45) is 17.8 Å². The molecule has 1 saturated heterocycles. The second kappa shape index (κ2) is 8.27. The molecule has 2 atom stereocenters. The topological polar surface area (TPSA) is 140 Å². The summed E-state index contributed by atoms with van der Waals surface area (Å²) in [6, 6.07) is 2.23. The molecular weight excluding hydrogens is 474 g/mol. The molecule has 5 fully saturated rings. The zero-order valence-corrected chi connectivity index (χ0v) is 20.8. The Kier molecular flexibility index (Phi) is 5.08. The average molecular weight is 506 g/mol. The van der Waals surface area contributed by atoms with Gasteiger partial charge in [0.1, 0.15) is 5.65 Å². The zero-order chi connectivity index (χ0) is 25.3. The minimum Gasteiger partial charge on any atom is -0.390 e. The first kappa shape index (κ1) is 22.7. The number of H-pyrrole nitrogens is 1. The Morgan fingerprint density at radius 2 is 1.86 bits per heavy atom. The molecule has 11 nitrogen and oxygen atoms in total. The van der Waals surface area contributed by atoms with E-state index in [9.17, 15) is 14.7 Å². The van der Waals surface area contributed by atoms with E-state index < -0.39 is 5.60 Å². The van der Waals surface area contributed by atoms with E-state index in [2.05, 4.69) is 25.4 Å². The van der Waals surface area contributed by atoms with Gasteiger partial charge in [-0.15, -0.1) is 0 Å². The number of rotatable bonds is 4. The molecule has 11 heteroatoms. The number of aliphatic hydroxyl groups is 1. The average Bonchev–Trinajstić information content (AvgIpc) is 3.55. The molecule has 0 radical (unpaired) electrons. The second-order valence-electron chi connectivity index (χ2n) is 11.4. The molecule has 4 heterocycles. The minimum absolute atomic E-state index is 0.00300. The van der Waals surface area contributed by atoms with Crippen LogP contribution in [0.4, 0.5) is 5.69 Å². The Morgan fingerprint density at radius 3 is 2.57 bits per heavy atom. The fourth-order valence-corrected chi connectivity index (χ4v) is 7.49. The van der Waals surface area contributed by atoms with Crippen LogP contribution in [0.3, 0.4) is 0 Å². The lowest BCUT2D eigenvalue weighted by atomic mass is 9.52. The normalized spacial score (nSPS) is 30.8. The quantitative estimate of drug-likeness (QED) is 0.491. The van der Waals surface area contributed by atoms with E-state index in [0.29, 0.717) is 49.5 Å². The second-order valence-corrected chi connectivity index (χ2v) is 11.4. The van der Waals surface area contributed by atoms with Gasteiger partial charge in [-0.05, 0) is 55.9 Å². The van der Waals surface area contributed by atoms with Crippen LogP contribution >= 0.6 is 0 Å². The maximum absolute atomic E-state index is 13.1. The molecule has 4 saturated carbocycles. The first-order valence-electron chi connectivity index (χ1n) is 13.2. The SMILES string of the molecule is CC(=O)N1CCN(C(=O)c2noc(-c3cnc4[nH]ccc4c3N[C@H]3C4CC5CC3C[C@@](O)(C5)C4)n2)CC1. The lowest BCUT2D eigenvalue weighted by molar-refractivity contribution is -0.130. The fourth-order valence-electron chi connectivity index (χ4n) is 7.49. The van der Waals surface area contributed by atoms with Crippen LogP contribution in [0.5, 0.6) is 0 Å². The molecule has 194 valence electrons. The minimum atomic E-state index is -0.503. The van der Waals surface area contributed by atoms with E-state index in [4.69, 9.17) is 4.52 Å². The number of amides is 2. The number of nitrogens with one attached hydrogen (secondary N) is 2. The van der Waals surface area contributed by atoms with Crippen LogP contribution in [0, 0.1) is 17.8 Å². The molecule has 5 aliphatic rings. The van der Waals surface area contributed by atoms with E-state index in [0.717, 1.165) is 48.8 Å². The van der Waals surface area contributed by atoms with Crippen molar-refractivity contribution in [1.82, 2.24) is 29.9 Å². The Balaban J connectivity index is 1.17. The molecule has 3 aromatic heterocycles. The Hall–Kier alpha value is -3.47. The van der Waals surface area contributed by atoms with Gasteiger partial charge in [-0.1, -0.05) is 5.16 Å². The van der Waals surface area contributed by atoms with Crippen molar-refractivity contribution in [1.29, 1.82) is 0 Å². The maximum Gasteiger partial charge on any atom is 0.295 e. The van der Waals surface area contributed by atoms with E-state index >= 15 is 0 Å². The van der Waals surface area contributed by atoms with Crippen molar-refractivity contribution in [2.45, 2.75) is 50.7 Å². The van der Waals surface area contributed by atoms with E-state index in [1.807, 2.05) is 12.3 Å². The highest BCUT2D eigenvalue weighted by Crippen LogP contribution is 2.56. The zero-order valence-electron chi connectivity index (χ0n) is 20.8. The van der Waals surface area contributed by atoms with Crippen molar-refractivity contribution in [3.8, 4) is 11.5 Å². The highest BCUT2D eigenvalue weighted by Gasteiger charge is 2.54. The van der Waals surface area contributed by atoms with E-state index in [1.165, 1.54) is 6.92 Å². The lowest BCUT2D eigenvalue weighted by Gasteiger charge is -2.58. The van der Waals surface area contributed by atoms with Gasteiger partial charge in [-0.25, -0.2) is 4.98 Å². The van der Waals surface area contributed by atoms with E-state index in [1.54, 1.807) is 16.0 Å². The molecule has 37 heavy (non-hydrogen) atoms. The number of pyridine rings is 1. The summed E-state index contributed by atoms with van der Waals surface area (Å²) in [5.41, 5.74) is 1.78. The van der Waals surface area contributed by atoms with Crippen LogP contribution in [-0.2, 0) is 4.79 Å². The molecule has 3 aromatic rings. The van der Waals surface area contributed by atoms with Crippen LogP contribution < -0.4 is 5.32 Å². The molecule has 1 aliphatic heterocycles. The number of piperazine rings is 1. The van der Waals surface area contributed by atoms with Crippen LogP contribution in [-0.4, -0.2) is 84.7 Å². The van der Waals surface area contributed by atoms with Gasteiger partial charge < -0.3 is 29.7 Å². The number of hydrogen-bond donors (Lipinski definition) is 3. The highest BCUT2D eigenvalue weighted by molar-refractivity contribution is 5.97. The summed E-state index contributed by atoms with van der Waals surface area (Å²) < 4.78 is 5.61. The summed E-state index contributed by atoms with van der Waals surface area (Å²) in [6.45, 7) is 3.39. The smallest absolute Gasteiger partial charge is 0.295 e. The number of fused-ring (bicyclic) bond motifs is 1. The predicted octanol–water partition coefficient (Wildman–Crippen LogP) is 2.27. The summed E-state index contributed by atoms with van der Waals surface area (Å²) in [6.07, 6.45) is 8.47. The van der Waals surface area contributed by atoms with Gasteiger partial charge in [0.25, 0.3) is 17.6 Å². The summed E-state index contributed by atoms with van der Waals surface area (Å²) in [5, 5.41) is 19.8. The van der Waals surface area contributed by atoms with Gasteiger partial charge in [-0.3, -0.25) is 9.59 Å². The standard InChI is InChI=1S/C26H31N7O4/c1-14(34)32-4-6-33(7-5-32)25(35)23-30-24(37-31-23)19-13-28-22-18(2-3-27-22)21(19)29-20-16-8-15-9-17(20)12-26(36,10-15)11-16/h2-3,13,15-17,20,36H,4-12H2,1H3,(H2,27,28,29)/t15?,16?,17?,20-,26+.